The van der Waals surface area contributed by atoms with E-state index in [1.807, 2.05) is 0 Å². The highest BCUT2D eigenvalue weighted by molar-refractivity contribution is 7.16. The Labute approximate surface area is 84.4 Å². The zero-order valence-electron chi connectivity index (χ0n) is 7.76. The highest BCUT2D eigenvalue weighted by Crippen LogP contribution is 2.13. The normalized spacial score (nSPS) is 10.4. The second-order valence-corrected chi connectivity index (χ2v) is 3.82. The average Bonchev–Trinajstić information content (AvgIpc) is 2.62. The summed E-state index contributed by atoms with van der Waals surface area (Å²) in [5.74, 6) is -0.0201. The third kappa shape index (κ3) is 1.44. The van der Waals surface area contributed by atoms with Crippen molar-refractivity contribution in [3.05, 3.63) is 17.5 Å². The first-order chi connectivity index (χ1) is 6.68. The summed E-state index contributed by atoms with van der Waals surface area (Å²) in [7, 11) is 3.33. The molecule has 0 aliphatic rings. The van der Waals surface area contributed by atoms with Gasteiger partial charge < -0.3 is 4.90 Å². The van der Waals surface area contributed by atoms with Crippen LogP contribution in [0.15, 0.2) is 11.7 Å². The van der Waals surface area contributed by atoms with Gasteiger partial charge in [-0.3, -0.25) is 4.79 Å². The van der Waals surface area contributed by atoms with Gasteiger partial charge in [0.15, 0.2) is 5.65 Å². The zero-order chi connectivity index (χ0) is 10.1. The van der Waals surface area contributed by atoms with Gasteiger partial charge in [0.1, 0.15) is 0 Å². The van der Waals surface area contributed by atoms with E-state index in [1.54, 1.807) is 25.8 Å². The van der Waals surface area contributed by atoms with E-state index in [9.17, 15) is 4.79 Å². The van der Waals surface area contributed by atoms with Crippen molar-refractivity contribution < 1.29 is 4.79 Å². The van der Waals surface area contributed by atoms with E-state index in [0.29, 0.717) is 5.65 Å². The molecule has 2 aromatic rings. The minimum Gasteiger partial charge on any atom is -0.342 e. The van der Waals surface area contributed by atoms with Gasteiger partial charge in [0, 0.05) is 14.1 Å². The van der Waals surface area contributed by atoms with E-state index in [1.165, 1.54) is 16.2 Å². The maximum Gasteiger partial charge on any atom is 0.291 e. The van der Waals surface area contributed by atoms with Crippen LogP contribution in [-0.2, 0) is 0 Å². The molecule has 2 heterocycles. The third-order valence-electron chi connectivity index (χ3n) is 1.69. The van der Waals surface area contributed by atoms with Gasteiger partial charge in [-0.25, -0.2) is 15.0 Å². The predicted octanol–water partition coefficient (Wildman–Crippen LogP) is 0.788. The molecule has 6 heteroatoms. The van der Waals surface area contributed by atoms with Crippen molar-refractivity contribution >= 4 is 27.6 Å². The summed E-state index contributed by atoms with van der Waals surface area (Å²) in [6.45, 7) is 0. The fourth-order valence-corrected chi connectivity index (χ4v) is 1.56. The fraction of sp³-hybridized carbons (Fsp3) is 0.250. The van der Waals surface area contributed by atoms with Gasteiger partial charge in [-0.2, -0.15) is 0 Å². The molecule has 2 rings (SSSR count). The number of aromatic nitrogens is 3. The molecule has 0 saturated carbocycles. The third-order valence-corrected chi connectivity index (χ3v) is 2.44. The Morgan fingerprint density at radius 3 is 2.93 bits per heavy atom. The smallest absolute Gasteiger partial charge is 0.291 e. The van der Waals surface area contributed by atoms with Crippen LogP contribution in [-0.4, -0.2) is 39.9 Å². The molecule has 0 aliphatic heterocycles. The number of carbonyl (C=O) groups is 1. The molecule has 0 radical (unpaired) electrons. The van der Waals surface area contributed by atoms with Crippen LogP contribution >= 0.6 is 11.3 Å². The van der Waals surface area contributed by atoms with Crippen molar-refractivity contribution in [2.24, 2.45) is 0 Å². The summed E-state index contributed by atoms with van der Waals surface area (Å²) in [6.07, 6.45) is 1.62. The quantitative estimate of drug-likeness (QED) is 0.695. The minimum atomic E-state index is -0.208. The molecule has 5 nitrogen and oxygen atoms in total. The molecule has 0 N–H and O–H groups in total. The van der Waals surface area contributed by atoms with Crippen molar-refractivity contribution in [3.63, 3.8) is 0 Å². The molecule has 0 saturated heterocycles. The number of hydrogen-bond acceptors (Lipinski definition) is 5. The highest BCUT2D eigenvalue weighted by Gasteiger charge is 2.12. The topological polar surface area (TPSA) is 59.0 Å². The monoisotopic (exact) mass is 208 g/mol. The first kappa shape index (κ1) is 9.01. The van der Waals surface area contributed by atoms with E-state index in [2.05, 4.69) is 15.0 Å². The second-order valence-electron chi connectivity index (χ2n) is 2.93. The number of carbonyl (C=O) groups excluding carboxylic acids is 1. The Bertz CT molecular complexity index is 479. The molecule has 0 bridgehead atoms. The summed E-state index contributed by atoms with van der Waals surface area (Å²) < 4.78 is 0.889. The molecule has 0 fully saturated rings. The van der Waals surface area contributed by atoms with Crippen LogP contribution in [0.3, 0.4) is 0 Å². The second kappa shape index (κ2) is 3.30. The van der Waals surface area contributed by atoms with E-state index in [-0.39, 0.29) is 11.7 Å². The Balaban J connectivity index is 2.48. The minimum absolute atomic E-state index is 0.188. The average molecular weight is 208 g/mol. The van der Waals surface area contributed by atoms with Crippen LogP contribution in [0.5, 0.6) is 0 Å². The SMILES string of the molecule is CN(C)C(=O)c1ncc2scnc2n1. The van der Waals surface area contributed by atoms with Crippen LogP contribution in [0.2, 0.25) is 0 Å². The molecule has 1 amide bonds. The van der Waals surface area contributed by atoms with Gasteiger partial charge in [0.25, 0.3) is 5.91 Å². The van der Waals surface area contributed by atoms with Gasteiger partial charge in [-0.15, -0.1) is 11.3 Å². The number of hydrogen-bond donors (Lipinski definition) is 0. The van der Waals surface area contributed by atoms with E-state index >= 15 is 0 Å². The van der Waals surface area contributed by atoms with Crippen molar-refractivity contribution in [2.45, 2.75) is 0 Å². The molecule has 0 aliphatic carbocycles. The number of rotatable bonds is 1. The Hall–Kier alpha value is -1.56. The summed E-state index contributed by atoms with van der Waals surface area (Å²) in [5, 5.41) is 0. The maximum atomic E-state index is 11.5. The number of nitrogens with zero attached hydrogens (tertiary/aromatic N) is 4. The molecular weight excluding hydrogens is 200 g/mol. The van der Waals surface area contributed by atoms with E-state index in [4.69, 9.17) is 0 Å². The van der Waals surface area contributed by atoms with Gasteiger partial charge in [-0.05, 0) is 0 Å². The first-order valence-corrected chi connectivity index (χ1v) is 4.84. The summed E-state index contributed by atoms with van der Waals surface area (Å²) in [6, 6.07) is 0. The standard InChI is InChI=1S/C8H8N4OS/c1-12(2)8(13)7-9-3-5-6(11-7)10-4-14-5/h3-4H,1-2H3. The molecular formula is C8H8N4OS. The van der Waals surface area contributed by atoms with Crippen molar-refractivity contribution in [1.82, 2.24) is 19.9 Å². The maximum absolute atomic E-state index is 11.5. The molecule has 14 heavy (non-hydrogen) atoms. The Morgan fingerprint density at radius 1 is 1.43 bits per heavy atom. The van der Waals surface area contributed by atoms with Gasteiger partial charge in [0.2, 0.25) is 5.82 Å². The van der Waals surface area contributed by atoms with Crippen molar-refractivity contribution in [3.8, 4) is 0 Å². The predicted molar refractivity (Wildman–Crippen MR) is 53.2 cm³/mol. The largest absolute Gasteiger partial charge is 0.342 e. The van der Waals surface area contributed by atoms with Crippen LogP contribution in [0.4, 0.5) is 0 Å². The lowest BCUT2D eigenvalue weighted by molar-refractivity contribution is 0.0816. The fourth-order valence-electron chi connectivity index (χ4n) is 0.973. The van der Waals surface area contributed by atoms with Gasteiger partial charge in [-0.1, -0.05) is 0 Å². The van der Waals surface area contributed by atoms with E-state index < -0.39 is 0 Å². The van der Waals surface area contributed by atoms with Gasteiger partial charge >= 0.3 is 0 Å². The molecule has 0 spiro atoms. The zero-order valence-corrected chi connectivity index (χ0v) is 8.58. The molecule has 0 atom stereocenters. The number of amides is 1. The van der Waals surface area contributed by atoms with Gasteiger partial charge in [0.05, 0.1) is 16.4 Å². The lowest BCUT2D eigenvalue weighted by Crippen LogP contribution is -2.23. The molecule has 72 valence electrons. The van der Waals surface area contributed by atoms with Crippen molar-refractivity contribution in [2.75, 3.05) is 14.1 Å². The number of thiazole rings is 1. The molecule has 0 unspecified atom stereocenters. The highest BCUT2D eigenvalue weighted by atomic mass is 32.1. The lowest BCUT2D eigenvalue weighted by Gasteiger charge is -2.07. The van der Waals surface area contributed by atoms with Crippen LogP contribution in [0, 0.1) is 0 Å². The summed E-state index contributed by atoms with van der Waals surface area (Å²) >= 11 is 1.46. The first-order valence-electron chi connectivity index (χ1n) is 3.96. The molecule has 0 aromatic carbocycles. The molecule has 2 aromatic heterocycles. The Kier molecular flexibility index (Phi) is 2.12. The van der Waals surface area contributed by atoms with Crippen LogP contribution < -0.4 is 0 Å². The summed E-state index contributed by atoms with van der Waals surface area (Å²) in [5.41, 5.74) is 2.26. The Morgan fingerprint density at radius 2 is 2.21 bits per heavy atom. The van der Waals surface area contributed by atoms with Crippen LogP contribution in [0.25, 0.3) is 10.3 Å². The lowest BCUT2D eigenvalue weighted by atomic mass is 10.5. The van der Waals surface area contributed by atoms with Crippen molar-refractivity contribution in [1.29, 1.82) is 0 Å². The summed E-state index contributed by atoms with van der Waals surface area (Å²) in [4.78, 5) is 25.0. The number of fused-ring (bicyclic) bond motifs is 1. The van der Waals surface area contributed by atoms with E-state index in [0.717, 1.165) is 4.70 Å². The van der Waals surface area contributed by atoms with Crippen LogP contribution in [0.1, 0.15) is 10.6 Å².